The molecule has 1 saturated heterocycles. The zero-order valence-electron chi connectivity index (χ0n) is 14.3. The monoisotopic (exact) mass is 323 g/mol. The molecule has 126 valence electrons. The molecule has 1 aliphatic heterocycles. The van der Waals surface area contributed by atoms with Crippen molar-refractivity contribution in [1.29, 1.82) is 0 Å². The Morgan fingerprint density at radius 3 is 2.58 bits per heavy atom. The van der Waals surface area contributed by atoms with E-state index in [1.165, 1.54) is 24.9 Å². The Kier molecular flexibility index (Phi) is 5.31. The van der Waals surface area contributed by atoms with E-state index in [4.69, 9.17) is 0 Å². The minimum absolute atomic E-state index is 0.604. The van der Waals surface area contributed by atoms with E-state index in [2.05, 4.69) is 56.3 Å². The number of nitrogens with zero attached hydrogens (tertiary/aromatic N) is 3. The lowest BCUT2D eigenvalue weighted by atomic mass is 10.1. The van der Waals surface area contributed by atoms with Crippen LogP contribution in [0.1, 0.15) is 25.0 Å². The summed E-state index contributed by atoms with van der Waals surface area (Å²) in [5.41, 5.74) is 3.21. The summed E-state index contributed by atoms with van der Waals surface area (Å²) in [5.74, 6) is 1.40. The van der Waals surface area contributed by atoms with Crippen molar-refractivity contribution in [2.45, 2.75) is 26.2 Å². The van der Waals surface area contributed by atoms with Gasteiger partial charge in [-0.05, 0) is 50.5 Å². The highest BCUT2D eigenvalue weighted by Gasteiger charge is 2.10. The van der Waals surface area contributed by atoms with E-state index < -0.39 is 0 Å². The van der Waals surface area contributed by atoms with Crippen molar-refractivity contribution in [2.75, 3.05) is 35.2 Å². The molecule has 1 aliphatic rings. The van der Waals surface area contributed by atoms with Gasteiger partial charge >= 0.3 is 0 Å². The standard InChI is InChI=1S/C19H25N5/c1-3-11-20-18-14-15(2)21-19(23-18)22-16-7-9-17(10-8-16)24-12-5-4-6-13-24/h3,7-10,14H,1,4-6,11-13H2,2H3,(H2,20,21,22,23). The molecule has 1 aromatic carbocycles. The average molecular weight is 323 g/mol. The molecule has 3 rings (SSSR count). The number of aryl methyl sites for hydroxylation is 1. The molecule has 2 heterocycles. The smallest absolute Gasteiger partial charge is 0.229 e. The van der Waals surface area contributed by atoms with Crippen LogP contribution in [0.3, 0.4) is 0 Å². The molecule has 0 amide bonds. The number of hydrogen-bond acceptors (Lipinski definition) is 5. The summed E-state index contributed by atoms with van der Waals surface area (Å²) in [6.45, 7) is 8.67. The van der Waals surface area contributed by atoms with Gasteiger partial charge in [0, 0.05) is 42.8 Å². The van der Waals surface area contributed by atoms with Gasteiger partial charge in [0.25, 0.3) is 0 Å². The lowest BCUT2D eigenvalue weighted by Gasteiger charge is -2.28. The second-order valence-electron chi connectivity index (χ2n) is 6.11. The summed E-state index contributed by atoms with van der Waals surface area (Å²) in [6.07, 6.45) is 5.74. The van der Waals surface area contributed by atoms with Crippen molar-refractivity contribution in [1.82, 2.24) is 9.97 Å². The zero-order valence-corrected chi connectivity index (χ0v) is 14.3. The molecule has 0 spiro atoms. The van der Waals surface area contributed by atoms with Gasteiger partial charge in [-0.3, -0.25) is 0 Å². The van der Waals surface area contributed by atoms with Crippen molar-refractivity contribution >= 4 is 23.1 Å². The van der Waals surface area contributed by atoms with Crippen LogP contribution in [0, 0.1) is 6.92 Å². The fourth-order valence-electron chi connectivity index (χ4n) is 2.93. The van der Waals surface area contributed by atoms with E-state index in [9.17, 15) is 0 Å². The van der Waals surface area contributed by atoms with Crippen LogP contribution in [0.2, 0.25) is 0 Å². The number of anilines is 4. The molecule has 1 aromatic heterocycles. The summed E-state index contributed by atoms with van der Waals surface area (Å²) in [7, 11) is 0. The third kappa shape index (κ3) is 4.25. The minimum Gasteiger partial charge on any atom is -0.372 e. The molecule has 0 saturated carbocycles. The number of aromatic nitrogens is 2. The highest BCUT2D eigenvalue weighted by atomic mass is 15.1. The Labute approximate surface area is 143 Å². The lowest BCUT2D eigenvalue weighted by Crippen LogP contribution is -2.29. The molecule has 0 unspecified atom stereocenters. The molecule has 5 heteroatoms. The Morgan fingerprint density at radius 1 is 1.12 bits per heavy atom. The molecule has 0 bridgehead atoms. The highest BCUT2D eigenvalue weighted by molar-refractivity contribution is 5.60. The Hall–Kier alpha value is -2.56. The van der Waals surface area contributed by atoms with Gasteiger partial charge in [0.1, 0.15) is 5.82 Å². The van der Waals surface area contributed by atoms with Crippen LogP contribution in [-0.2, 0) is 0 Å². The largest absolute Gasteiger partial charge is 0.372 e. The Morgan fingerprint density at radius 2 is 1.88 bits per heavy atom. The van der Waals surface area contributed by atoms with Gasteiger partial charge in [-0.2, -0.15) is 4.98 Å². The number of hydrogen-bond donors (Lipinski definition) is 2. The van der Waals surface area contributed by atoms with Crippen LogP contribution in [0.4, 0.5) is 23.1 Å². The SMILES string of the molecule is C=CCNc1cc(C)nc(Nc2ccc(N3CCCCC3)cc2)n1. The average Bonchev–Trinajstić information content (AvgIpc) is 2.61. The van der Waals surface area contributed by atoms with E-state index in [0.717, 1.165) is 30.3 Å². The van der Waals surface area contributed by atoms with Crippen molar-refractivity contribution in [2.24, 2.45) is 0 Å². The maximum Gasteiger partial charge on any atom is 0.229 e. The molecule has 2 N–H and O–H groups in total. The van der Waals surface area contributed by atoms with Crippen LogP contribution in [0.15, 0.2) is 43.0 Å². The maximum absolute atomic E-state index is 4.49. The van der Waals surface area contributed by atoms with Gasteiger partial charge in [0.2, 0.25) is 5.95 Å². The van der Waals surface area contributed by atoms with E-state index in [1.807, 2.05) is 19.1 Å². The minimum atomic E-state index is 0.604. The summed E-state index contributed by atoms with van der Waals surface area (Å²) >= 11 is 0. The fraction of sp³-hybridized carbons (Fsp3) is 0.368. The number of benzene rings is 1. The number of nitrogens with one attached hydrogen (secondary N) is 2. The van der Waals surface area contributed by atoms with Gasteiger partial charge in [0.15, 0.2) is 0 Å². The predicted octanol–water partition coefficient (Wildman–Crippen LogP) is 4.12. The second kappa shape index (κ2) is 7.81. The summed E-state index contributed by atoms with van der Waals surface area (Å²) in [4.78, 5) is 11.4. The Bertz CT molecular complexity index is 675. The van der Waals surface area contributed by atoms with Crippen molar-refractivity contribution in [3.8, 4) is 0 Å². The summed E-state index contributed by atoms with van der Waals surface area (Å²) in [6, 6.07) is 10.4. The topological polar surface area (TPSA) is 53.1 Å². The summed E-state index contributed by atoms with van der Waals surface area (Å²) in [5, 5.41) is 6.48. The van der Waals surface area contributed by atoms with Crippen LogP contribution >= 0.6 is 0 Å². The molecular formula is C19H25N5. The van der Waals surface area contributed by atoms with Crippen LogP contribution in [0.25, 0.3) is 0 Å². The van der Waals surface area contributed by atoms with Gasteiger partial charge in [-0.25, -0.2) is 4.98 Å². The highest BCUT2D eigenvalue weighted by Crippen LogP contribution is 2.23. The van der Waals surface area contributed by atoms with E-state index in [1.54, 1.807) is 0 Å². The quantitative estimate of drug-likeness (QED) is 0.783. The zero-order chi connectivity index (χ0) is 16.8. The molecule has 1 fully saturated rings. The lowest BCUT2D eigenvalue weighted by molar-refractivity contribution is 0.578. The first-order valence-electron chi connectivity index (χ1n) is 8.57. The number of rotatable bonds is 6. The first-order valence-corrected chi connectivity index (χ1v) is 8.57. The molecule has 5 nitrogen and oxygen atoms in total. The first-order chi connectivity index (χ1) is 11.7. The molecule has 0 radical (unpaired) electrons. The van der Waals surface area contributed by atoms with Crippen molar-refractivity contribution in [3.63, 3.8) is 0 Å². The van der Waals surface area contributed by atoms with Gasteiger partial charge in [-0.15, -0.1) is 6.58 Å². The van der Waals surface area contributed by atoms with E-state index in [-0.39, 0.29) is 0 Å². The van der Waals surface area contributed by atoms with Crippen molar-refractivity contribution in [3.05, 3.63) is 48.7 Å². The molecule has 0 atom stereocenters. The number of piperidine rings is 1. The molecule has 0 aliphatic carbocycles. The summed E-state index contributed by atoms with van der Waals surface area (Å²) < 4.78 is 0. The second-order valence-corrected chi connectivity index (χ2v) is 6.11. The third-order valence-corrected chi connectivity index (χ3v) is 4.13. The normalized spacial score (nSPS) is 14.3. The van der Waals surface area contributed by atoms with E-state index >= 15 is 0 Å². The Balaban J connectivity index is 1.69. The molecule has 2 aromatic rings. The van der Waals surface area contributed by atoms with Crippen molar-refractivity contribution < 1.29 is 0 Å². The van der Waals surface area contributed by atoms with Crippen LogP contribution in [-0.4, -0.2) is 29.6 Å². The fourth-order valence-corrected chi connectivity index (χ4v) is 2.93. The molecular weight excluding hydrogens is 298 g/mol. The third-order valence-electron chi connectivity index (χ3n) is 4.13. The van der Waals surface area contributed by atoms with Gasteiger partial charge < -0.3 is 15.5 Å². The van der Waals surface area contributed by atoms with Gasteiger partial charge in [0.05, 0.1) is 0 Å². The maximum atomic E-state index is 4.49. The first kappa shape index (κ1) is 16.3. The van der Waals surface area contributed by atoms with Crippen LogP contribution in [0.5, 0.6) is 0 Å². The van der Waals surface area contributed by atoms with Crippen LogP contribution < -0.4 is 15.5 Å². The predicted molar refractivity (Wildman–Crippen MR) is 101 cm³/mol. The van der Waals surface area contributed by atoms with Gasteiger partial charge in [-0.1, -0.05) is 6.08 Å². The molecule has 24 heavy (non-hydrogen) atoms. The van der Waals surface area contributed by atoms with E-state index in [0.29, 0.717) is 12.5 Å².